The normalized spacial score (nSPS) is 18.5. The lowest BCUT2D eigenvalue weighted by atomic mass is 9.98. The summed E-state index contributed by atoms with van der Waals surface area (Å²) in [5, 5.41) is 3.72. The topological polar surface area (TPSA) is 79.8 Å². The van der Waals surface area contributed by atoms with E-state index in [9.17, 15) is 4.79 Å². The van der Waals surface area contributed by atoms with Gasteiger partial charge in [-0.05, 0) is 24.0 Å². The number of ether oxygens (including phenoxy) is 2. The Morgan fingerprint density at radius 2 is 1.44 bits per heavy atom. The average molecular weight is 486 g/mol. The van der Waals surface area contributed by atoms with E-state index in [1.54, 1.807) is 0 Å². The van der Waals surface area contributed by atoms with Crippen LogP contribution >= 0.6 is 0 Å². The minimum absolute atomic E-state index is 0.00664. The molecule has 8 heteroatoms. The summed E-state index contributed by atoms with van der Waals surface area (Å²) in [6.45, 7) is 4.55. The van der Waals surface area contributed by atoms with Crippen molar-refractivity contribution in [2.75, 3.05) is 49.7 Å². The summed E-state index contributed by atoms with van der Waals surface area (Å²) in [6.07, 6.45) is 1.70. The summed E-state index contributed by atoms with van der Waals surface area (Å²) >= 11 is 0. The maximum absolute atomic E-state index is 13.6. The molecule has 1 N–H and O–H groups in total. The Balaban J connectivity index is 1.41. The van der Waals surface area contributed by atoms with Crippen LogP contribution in [0.1, 0.15) is 46.1 Å². The average Bonchev–Trinajstić information content (AvgIpc) is 3.30. The molecule has 2 saturated heterocycles. The van der Waals surface area contributed by atoms with Gasteiger partial charge >= 0.3 is 0 Å². The molecule has 3 aliphatic heterocycles. The Morgan fingerprint density at radius 3 is 2.08 bits per heavy atom. The number of carbonyl (C=O) groups excluding carboxylic acids is 1. The van der Waals surface area contributed by atoms with Gasteiger partial charge in [0.05, 0.1) is 25.8 Å². The highest BCUT2D eigenvalue weighted by Gasteiger charge is 2.38. The first kappa shape index (κ1) is 22.9. The number of hydrogen-bond donors (Lipinski definition) is 1. The van der Waals surface area contributed by atoms with E-state index in [4.69, 9.17) is 19.4 Å². The highest BCUT2D eigenvalue weighted by molar-refractivity contribution is 5.98. The molecule has 1 aromatic heterocycles. The van der Waals surface area contributed by atoms with Crippen molar-refractivity contribution in [3.63, 3.8) is 0 Å². The number of nitrogens with one attached hydrogen (secondary N) is 1. The third kappa shape index (κ3) is 4.54. The molecular weight excluding hydrogens is 454 g/mol. The highest BCUT2D eigenvalue weighted by atomic mass is 16.5. The van der Waals surface area contributed by atoms with Crippen LogP contribution in [0, 0.1) is 0 Å². The monoisotopic (exact) mass is 485 g/mol. The van der Waals surface area contributed by atoms with Crippen LogP contribution < -0.4 is 10.2 Å². The lowest BCUT2D eigenvalue weighted by molar-refractivity contribution is 0.0302. The molecule has 0 atom stereocenters. The van der Waals surface area contributed by atoms with Crippen molar-refractivity contribution in [1.29, 1.82) is 0 Å². The van der Waals surface area contributed by atoms with Crippen LogP contribution in [-0.2, 0) is 16.0 Å². The largest absolute Gasteiger partial charge is 0.381 e. The highest BCUT2D eigenvalue weighted by Crippen LogP contribution is 2.35. The first-order valence-electron chi connectivity index (χ1n) is 12.8. The van der Waals surface area contributed by atoms with Crippen molar-refractivity contribution in [2.24, 2.45) is 0 Å². The van der Waals surface area contributed by atoms with Crippen molar-refractivity contribution in [3.05, 3.63) is 83.0 Å². The van der Waals surface area contributed by atoms with Gasteiger partial charge in [-0.1, -0.05) is 60.7 Å². The number of aromatic nitrogens is 2. The fraction of sp³-hybridized carbons (Fsp3) is 0.393. The molecule has 36 heavy (non-hydrogen) atoms. The molecule has 1 amide bonds. The van der Waals surface area contributed by atoms with Crippen LogP contribution in [0.3, 0.4) is 0 Å². The van der Waals surface area contributed by atoms with Gasteiger partial charge in [-0.2, -0.15) is 4.98 Å². The molecule has 3 aliphatic rings. The fourth-order valence-electron chi connectivity index (χ4n) is 5.28. The van der Waals surface area contributed by atoms with Gasteiger partial charge in [0.1, 0.15) is 11.5 Å². The quantitative estimate of drug-likeness (QED) is 0.571. The first-order chi connectivity index (χ1) is 17.8. The number of nitrogens with zero attached hydrogens (tertiary/aromatic N) is 4. The van der Waals surface area contributed by atoms with E-state index >= 15 is 0 Å². The zero-order chi connectivity index (χ0) is 24.3. The standard InChI is InChI=1S/C28H31N5O3/c34-27-25-23(19-33(27)22-11-15-35-16-12-22)26(31-28(30-25)32-13-17-36-18-14-32)29-24(20-7-3-1-4-8-20)21-9-5-2-6-10-21/h1-10,22,24H,11-19H2,(H,29,30,31). The minimum Gasteiger partial charge on any atom is -0.381 e. The second-order valence-corrected chi connectivity index (χ2v) is 9.47. The van der Waals surface area contributed by atoms with E-state index in [0.717, 1.165) is 35.3 Å². The molecule has 0 aliphatic carbocycles. The van der Waals surface area contributed by atoms with Gasteiger partial charge in [-0.3, -0.25) is 4.79 Å². The molecule has 0 bridgehead atoms. The lowest BCUT2D eigenvalue weighted by Crippen LogP contribution is -2.39. The number of hydrogen-bond acceptors (Lipinski definition) is 7. The number of amides is 1. The van der Waals surface area contributed by atoms with E-state index in [1.165, 1.54) is 0 Å². The molecule has 186 valence electrons. The number of morpholine rings is 1. The molecule has 0 radical (unpaired) electrons. The predicted octanol–water partition coefficient (Wildman–Crippen LogP) is 3.65. The molecule has 6 rings (SSSR count). The van der Waals surface area contributed by atoms with Gasteiger partial charge < -0.3 is 24.6 Å². The third-order valence-electron chi connectivity index (χ3n) is 7.26. The molecule has 0 unspecified atom stereocenters. The maximum Gasteiger partial charge on any atom is 0.273 e. The van der Waals surface area contributed by atoms with Crippen LogP contribution in [0.4, 0.5) is 11.8 Å². The van der Waals surface area contributed by atoms with Crippen LogP contribution in [0.25, 0.3) is 0 Å². The number of carbonyl (C=O) groups is 1. The van der Waals surface area contributed by atoms with Crippen LogP contribution in [0.2, 0.25) is 0 Å². The fourth-order valence-corrected chi connectivity index (χ4v) is 5.28. The maximum atomic E-state index is 13.6. The first-order valence-corrected chi connectivity index (χ1v) is 12.8. The number of fused-ring (bicyclic) bond motifs is 1. The van der Waals surface area contributed by atoms with Gasteiger partial charge in [0, 0.05) is 37.9 Å². The Morgan fingerprint density at radius 1 is 0.833 bits per heavy atom. The van der Waals surface area contributed by atoms with Gasteiger partial charge in [-0.25, -0.2) is 4.98 Å². The molecular formula is C28H31N5O3. The van der Waals surface area contributed by atoms with Gasteiger partial charge in [0.2, 0.25) is 5.95 Å². The van der Waals surface area contributed by atoms with Gasteiger partial charge in [-0.15, -0.1) is 0 Å². The van der Waals surface area contributed by atoms with Crippen molar-refractivity contribution in [1.82, 2.24) is 14.9 Å². The van der Waals surface area contributed by atoms with E-state index < -0.39 is 0 Å². The summed E-state index contributed by atoms with van der Waals surface area (Å²) in [5.74, 6) is 1.30. The second-order valence-electron chi connectivity index (χ2n) is 9.47. The zero-order valence-corrected chi connectivity index (χ0v) is 20.3. The Labute approximate surface area is 211 Å². The Hall–Kier alpha value is -3.49. The molecule has 8 nitrogen and oxygen atoms in total. The summed E-state index contributed by atoms with van der Waals surface area (Å²) in [6, 6.07) is 20.8. The smallest absolute Gasteiger partial charge is 0.273 e. The zero-order valence-electron chi connectivity index (χ0n) is 20.3. The summed E-state index contributed by atoms with van der Waals surface area (Å²) in [7, 11) is 0. The SMILES string of the molecule is O=C1c2nc(N3CCOCC3)nc(NC(c3ccccc3)c3ccccc3)c2CN1C1CCOCC1. The van der Waals surface area contributed by atoms with Crippen LogP contribution in [0.15, 0.2) is 60.7 Å². The van der Waals surface area contributed by atoms with E-state index in [1.807, 2.05) is 41.3 Å². The van der Waals surface area contributed by atoms with Crippen molar-refractivity contribution >= 4 is 17.7 Å². The number of rotatable bonds is 6. The lowest BCUT2D eigenvalue weighted by Gasteiger charge is -2.30. The predicted molar refractivity (Wildman–Crippen MR) is 137 cm³/mol. The molecule has 0 saturated carbocycles. The minimum atomic E-state index is -0.115. The number of benzene rings is 2. The van der Waals surface area contributed by atoms with Gasteiger partial charge in [0.25, 0.3) is 5.91 Å². The van der Waals surface area contributed by atoms with Crippen LogP contribution in [-0.4, -0.2) is 66.3 Å². The summed E-state index contributed by atoms with van der Waals surface area (Å²) in [4.78, 5) is 27.5. The van der Waals surface area contributed by atoms with Crippen molar-refractivity contribution in [3.8, 4) is 0 Å². The molecule has 3 aromatic rings. The van der Waals surface area contributed by atoms with E-state index in [0.29, 0.717) is 57.7 Å². The van der Waals surface area contributed by atoms with Crippen LogP contribution in [0.5, 0.6) is 0 Å². The van der Waals surface area contributed by atoms with Gasteiger partial charge in [0.15, 0.2) is 0 Å². The van der Waals surface area contributed by atoms with Crippen molar-refractivity contribution in [2.45, 2.75) is 31.5 Å². The summed E-state index contributed by atoms with van der Waals surface area (Å²) in [5.41, 5.74) is 3.66. The summed E-state index contributed by atoms with van der Waals surface area (Å²) < 4.78 is 11.1. The van der Waals surface area contributed by atoms with E-state index in [-0.39, 0.29) is 18.0 Å². The molecule has 2 aromatic carbocycles. The number of anilines is 2. The Bertz CT molecular complexity index is 1160. The van der Waals surface area contributed by atoms with E-state index in [2.05, 4.69) is 34.5 Å². The molecule has 4 heterocycles. The second kappa shape index (κ2) is 10.2. The third-order valence-corrected chi connectivity index (χ3v) is 7.26. The molecule has 2 fully saturated rings. The van der Waals surface area contributed by atoms with Crippen molar-refractivity contribution < 1.29 is 14.3 Å². The molecule has 0 spiro atoms. The Kier molecular flexibility index (Phi) is 6.53.